The van der Waals surface area contributed by atoms with Crippen LogP contribution in [0.25, 0.3) is 21.8 Å². The molecular formula is C23H23N5O3. The van der Waals surface area contributed by atoms with Crippen molar-refractivity contribution in [3.63, 3.8) is 0 Å². The topological polar surface area (TPSA) is 98.1 Å². The Morgan fingerprint density at radius 1 is 0.968 bits per heavy atom. The number of nitrogens with one attached hydrogen (secondary N) is 2. The van der Waals surface area contributed by atoms with E-state index in [1.54, 1.807) is 7.11 Å². The molecule has 2 heterocycles. The van der Waals surface area contributed by atoms with Crippen LogP contribution in [-0.4, -0.2) is 46.6 Å². The highest BCUT2D eigenvalue weighted by molar-refractivity contribution is 6.12. The van der Waals surface area contributed by atoms with Crippen LogP contribution < -0.4 is 10.6 Å². The minimum atomic E-state index is -0.497. The summed E-state index contributed by atoms with van der Waals surface area (Å²) >= 11 is 0. The smallest absolute Gasteiger partial charge is 0.276 e. The van der Waals surface area contributed by atoms with Crippen LogP contribution in [0.1, 0.15) is 27.9 Å². The average Bonchev–Trinajstić information content (AvgIpc) is 3.12. The van der Waals surface area contributed by atoms with E-state index in [9.17, 15) is 9.59 Å². The van der Waals surface area contributed by atoms with E-state index in [4.69, 9.17) is 4.74 Å². The number of benzene rings is 2. The summed E-state index contributed by atoms with van der Waals surface area (Å²) in [5.41, 5.74) is 2.80. The van der Waals surface area contributed by atoms with Crippen molar-refractivity contribution in [1.29, 1.82) is 0 Å². The monoisotopic (exact) mass is 417 g/mol. The van der Waals surface area contributed by atoms with Gasteiger partial charge in [0.1, 0.15) is 0 Å². The maximum atomic E-state index is 12.9. The number of fused-ring (bicyclic) bond motifs is 3. The number of ether oxygens (including phenoxy) is 1. The van der Waals surface area contributed by atoms with Crippen LogP contribution in [0.5, 0.6) is 0 Å². The molecule has 2 aromatic heterocycles. The van der Waals surface area contributed by atoms with Gasteiger partial charge < -0.3 is 19.9 Å². The van der Waals surface area contributed by atoms with Gasteiger partial charge in [-0.1, -0.05) is 18.2 Å². The molecule has 0 radical (unpaired) electrons. The average molecular weight is 417 g/mol. The third-order valence-corrected chi connectivity index (χ3v) is 5.07. The zero-order valence-electron chi connectivity index (χ0n) is 17.4. The third-order valence-electron chi connectivity index (χ3n) is 5.07. The van der Waals surface area contributed by atoms with E-state index < -0.39 is 11.8 Å². The molecule has 2 amide bonds. The Balaban J connectivity index is 1.64. The maximum absolute atomic E-state index is 12.9. The minimum absolute atomic E-state index is 0.0280. The van der Waals surface area contributed by atoms with Gasteiger partial charge in [-0.05, 0) is 31.2 Å². The quantitative estimate of drug-likeness (QED) is 0.450. The number of aryl methyl sites for hydroxylation is 1. The second kappa shape index (κ2) is 8.93. The van der Waals surface area contributed by atoms with E-state index in [2.05, 4.69) is 44.2 Å². The summed E-state index contributed by atoms with van der Waals surface area (Å²) in [5.74, 6) is -0.972. The molecule has 0 spiro atoms. The molecule has 0 saturated carbocycles. The van der Waals surface area contributed by atoms with Crippen molar-refractivity contribution in [2.75, 3.05) is 25.6 Å². The van der Waals surface area contributed by atoms with Gasteiger partial charge in [0, 0.05) is 60.1 Å². The van der Waals surface area contributed by atoms with Gasteiger partial charge in [-0.25, -0.2) is 9.97 Å². The molecule has 4 aromatic rings. The van der Waals surface area contributed by atoms with Crippen LogP contribution in [0, 0.1) is 0 Å². The van der Waals surface area contributed by atoms with Crippen molar-refractivity contribution < 1.29 is 14.3 Å². The summed E-state index contributed by atoms with van der Waals surface area (Å²) in [7, 11) is 1.54. The lowest BCUT2D eigenvalue weighted by Gasteiger charge is -2.09. The molecule has 0 bridgehead atoms. The first-order valence-corrected chi connectivity index (χ1v) is 10.0. The van der Waals surface area contributed by atoms with E-state index in [0.29, 0.717) is 18.8 Å². The van der Waals surface area contributed by atoms with Crippen molar-refractivity contribution in [2.24, 2.45) is 0 Å². The Labute approximate surface area is 179 Å². The number of hydrogen-bond donors (Lipinski definition) is 2. The molecule has 0 aliphatic rings. The van der Waals surface area contributed by atoms with Crippen LogP contribution in [0.4, 0.5) is 5.69 Å². The van der Waals surface area contributed by atoms with Gasteiger partial charge in [0.2, 0.25) is 0 Å². The SMILES string of the molecule is CCn1c2ccccc2c2cc(NC(=O)c3nccnc3C(=O)NCCOC)ccc21. The highest BCUT2D eigenvalue weighted by atomic mass is 16.5. The summed E-state index contributed by atoms with van der Waals surface area (Å²) in [6, 6.07) is 14.0. The van der Waals surface area contributed by atoms with Crippen molar-refractivity contribution in [2.45, 2.75) is 13.5 Å². The molecule has 8 nitrogen and oxygen atoms in total. The van der Waals surface area contributed by atoms with Gasteiger partial charge >= 0.3 is 0 Å². The van der Waals surface area contributed by atoms with Crippen molar-refractivity contribution in [3.05, 3.63) is 66.2 Å². The summed E-state index contributed by atoms with van der Waals surface area (Å²) in [5, 5.41) is 7.68. The van der Waals surface area contributed by atoms with E-state index in [-0.39, 0.29) is 11.4 Å². The number of hydrogen-bond acceptors (Lipinski definition) is 5. The van der Waals surface area contributed by atoms with Crippen LogP contribution >= 0.6 is 0 Å². The van der Waals surface area contributed by atoms with Gasteiger partial charge in [0.05, 0.1) is 6.61 Å². The summed E-state index contributed by atoms with van der Waals surface area (Å²) < 4.78 is 7.17. The van der Waals surface area contributed by atoms with Gasteiger partial charge in [0.15, 0.2) is 11.4 Å². The van der Waals surface area contributed by atoms with E-state index >= 15 is 0 Å². The molecule has 4 rings (SSSR count). The Morgan fingerprint density at radius 3 is 2.42 bits per heavy atom. The molecule has 158 valence electrons. The largest absolute Gasteiger partial charge is 0.383 e. The zero-order valence-corrected chi connectivity index (χ0v) is 17.4. The predicted molar refractivity (Wildman–Crippen MR) is 119 cm³/mol. The molecule has 2 aromatic carbocycles. The highest BCUT2D eigenvalue weighted by Crippen LogP contribution is 2.31. The van der Waals surface area contributed by atoms with E-state index in [1.165, 1.54) is 12.4 Å². The molecular weight excluding hydrogens is 394 g/mol. The lowest BCUT2D eigenvalue weighted by atomic mass is 10.1. The number of para-hydroxylation sites is 1. The lowest BCUT2D eigenvalue weighted by Crippen LogP contribution is -2.30. The molecule has 0 aliphatic carbocycles. The molecule has 0 unspecified atom stereocenters. The first kappa shape index (κ1) is 20.5. The highest BCUT2D eigenvalue weighted by Gasteiger charge is 2.20. The van der Waals surface area contributed by atoms with Gasteiger partial charge in [-0.15, -0.1) is 0 Å². The number of rotatable bonds is 7. The summed E-state index contributed by atoms with van der Waals surface area (Å²) in [6.07, 6.45) is 2.77. The second-order valence-corrected chi connectivity index (χ2v) is 6.95. The van der Waals surface area contributed by atoms with Crippen LogP contribution in [-0.2, 0) is 11.3 Å². The third kappa shape index (κ3) is 3.97. The Hall–Kier alpha value is -3.78. The van der Waals surface area contributed by atoms with Crippen LogP contribution in [0.3, 0.4) is 0 Å². The number of methoxy groups -OCH3 is 1. The lowest BCUT2D eigenvalue weighted by molar-refractivity contribution is 0.0919. The normalized spacial score (nSPS) is 11.0. The van der Waals surface area contributed by atoms with E-state index in [0.717, 1.165) is 28.4 Å². The number of carbonyl (C=O) groups is 2. The van der Waals surface area contributed by atoms with Gasteiger partial charge in [-0.2, -0.15) is 0 Å². The predicted octanol–water partition coefficient (Wildman–Crippen LogP) is 3.23. The molecule has 31 heavy (non-hydrogen) atoms. The fourth-order valence-electron chi connectivity index (χ4n) is 3.68. The Bertz CT molecular complexity index is 1260. The van der Waals surface area contributed by atoms with E-state index in [1.807, 2.05) is 30.3 Å². The van der Waals surface area contributed by atoms with Crippen LogP contribution in [0.2, 0.25) is 0 Å². The fraction of sp³-hybridized carbons (Fsp3) is 0.217. The van der Waals surface area contributed by atoms with Gasteiger partial charge in [0.25, 0.3) is 11.8 Å². The Morgan fingerprint density at radius 2 is 1.68 bits per heavy atom. The number of anilines is 1. The first-order valence-electron chi connectivity index (χ1n) is 10.0. The van der Waals surface area contributed by atoms with Gasteiger partial charge in [-0.3, -0.25) is 9.59 Å². The molecule has 0 saturated heterocycles. The fourth-order valence-corrected chi connectivity index (χ4v) is 3.68. The molecule has 2 N–H and O–H groups in total. The summed E-state index contributed by atoms with van der Waals surface area (Å²) in [6.45, 7) is 3.62. The Kier molecular flexibility index (Phi) is 5.90. The number of nitrogens with zero attached hydrogens (tertiary/aromatic N) is 3. The second-order valence-electron chi connectivity index (χ2n) is 6.95. The minimum Gasteiger partial charge on any atom is -0.383 e. The zero-order chi connectivity index (χ0) is 21.8. The number of amides is 2. The van der Waals surface area contributed by atoms with Crippen molar-refractivity contribution in [1.82, 2.24) is 19.9 Å². The summed E-state index contributed by atoms with van der Waals surface area (Å²) in [4.78, 5) is 33.4. The molecule has 0 fully saturated rings. The number of carbonyl (C=O) groups excluding carboxylic acids is 2. The number of aromatic nitrogens is 3. The van der Waals surface area contributed by atoms with Crippen LogP contribution in [0.15, 0.2) is 54.9 Å². The maximum Gasteiger partial charge on any atom is 0.276 e. The molecule has 0 aliphatic heterocycles. The molecule has 0 atom stereocenters. The first-order chi connectivity index (χ1) is 15.1. The standard InChI is InChI=1S/C23H23N5O3/c1-3-28-18-7-5-4-6-16(18)17-14-15(8-9-19(17)28)27-23(30)21-20(24-10-11-25-21)22(29)26-12-13-31-2/h4-11,14H,3,12-13H2,1-2H3,(H,26,29)(H,27,30). The van der Waals surface area contributed by atoms with Crippen molar-refractivity contribution in [3.8, 4) is 0 Å². The molecule has 8 heteroatoms. The van der Waals surface area contributed by atoms with Crippen molar-refractivity contribution >= 4 is 39.3 Å².